The molecule has 1 atom stereocenters. The van der Waals surface area contributed by atoms with Crippen molar-refractivity contribution in [3.05, 3.63) is 48.6 Å². The van der Waals surface area contributed by atoms with Crippen molar-refractivity contribution in [3.63, 3.8) is 0 Å². The van der Waals surface area contributed by atoms with Gasteiger partial charge in [-0.1, -0.05) is 45.2 Å². The molecule has 0 aliphatic heterocycles. The maximum Gasteiger partial charge on any atom is 0.334 e. The molecule has 0 N–H and O–H groups in total. The van der Waals surface area contributed by atoms with Crippen LogP contribution >= 0.6 is 0 Å². The van der Waals surface area contributed by atoms with E-state index in [9.17, 15) is 9.59 Å². The van der Waals surface area contributed by atoms with Crippen molar-refractivity contribution in [3.8, 4) is 0 Å². The Morgan fingerprint density at radius 1 is 1.45 bits per heavy atom. The summed E-state index contributed by atoms with van der Waals surface area (Å²) in [5.41, 5.74) is 0.686. The second-order valence-electron chi connectivity index (χ2n) is 5.63. The summed E-state index contributed by atoms with van der Waals surface area (Å²) < 4.78 is 5.45. The summed E-state index contributed by atoms with van der Waals surface area (Å²) >= 11 is 0. The summed E-state index contributed by atoms with van der Waals surface area (Å²) in [6, 6.07) is 0. The van der Waals surface area contributed by atoms with Gasteiger partial charge in [0, 0.05) is 11.0 Å². The zero-order valence-corrected chi connectivity index (χ0v) is 12.4. The van der Waals surface area contributed by atoms with E-state index in [2.05, 4.69) is 13.2 Å². The summed E-state index contributed by atoms with van der Waals surface area (Å²) in [4.78, 5) is 23.4. The second-order valence-corrected chi connectivity index (χ2v) is 5.63. The number of ketones is 1. The van der Waals surface area contributed by atoms with Crippen LogP contribution in [0.3, 0.4) is 0 Å². The normalized spacial score (nSPS) is 16.1. The second kappa shape index (κ2) is 6.51. The van der Waals surface area contributed by atoms with E-state index >= 15 is 0 Å². The van der Waals surface area contributed by atoms with Gasteiger partial charge in [-0.15, -0.1) is 0 Å². The summed E-state index contributed by atoms with van der Waals surface area (Å²) in [7, 11) is 0. The van der Waals surface area contributed by atoms with Gasteiger partial charge in [0.2, 0.25) is 0 Å². The smallest absolute Gasteiger partial charge is 0.334 e. The van der Waals surface area contributed by atoms with Crippen molar-refractivity contribution in [2.24, 2.45) is 5.41 Å². The number of allylic oxidation sites excluding steroid dienone is 3. The van der Waals surface area contributed by atoms with E-state index in [4.69, 9.17) is 4.74 Å². The summed E-state index contributed by atoms with van der Waals surface area (Å²) in [5.74, 6) is -0.428. The van der Waals surface area contributed by atoms with E-state index in [0.717, 1.165) is 18.4 Å². The number of carbonyl (C=O) groups excluding carboxylic acids is 2. The van der Waals surface area contributed by atoms with E-state index in [1.165, 1.54) is 6.08 Å². The van der Waals surface area contributed by atoms with Crippen LogP contribution in [0.1, 0.15) is 33.6 Å². The Bertz CT molecular complexity index is 492. The number of hydrogen-bond acceptors (Lipinski definition) is 3. The topological polar surface area (TPSA) is 43.4 Å². The van der Waals surface area contributed by atoms with Crippen molar-refractivity contribution >= 4 is 11.8 Å². The first-order valence-electron chi connectivity index (χ1n) is 6.69. The SMILES string of the molecule is C=C[C@H](OC(=O)C1=CCC1)C(C)(C)/C=C/C(=O)C(=C)C. The van der Waals surface area contributed by atoms with Crippen LogP contribution in [-0.4, -0.2) is 17.9 Å². The molecule has 0 fully saturated rings. The lowest BCUT2D eigenvalue weighted by molar-refractivity contribution is -0.146. The Kier molecular flexibility index (Phi) is 5.26. The van der Waals surface area contributed by atoms with E-state index in [1.807, 2.05) is 19.9 Å². The highest BCUT2D eigenvalue weighted by atomic mass is 16.5. The van der Waals surface area contributed by atoms with Crippen LogP contribution in [0.25, 0.3) is 0 Å². The average Bonchev–Trinajstić information content (AvgIpc) is 2.30. The molecule has 108 valence electrons. The van der Waals surface area contributed by atoms with E-state index in [-0.39, 0.29) is 11.8 Å². The fourth-order valence-corrected chi connectivity index (χ4v) is 1.70. The molecule has 0 aromatic heterocycles. The minimum absolute atomic E-state index is 0.131. The van der Waals surface area contributed by atoms with Crippen molar-refractivity contribution in [1.82, 2.24) is 0 Å². The van der Waals surface area contributed by atoms with Gasteiger partial charge in [0.05, 0.1) is 0 Å². The van der Waals surface area contributed by atoms with Gasteiger partial charge >= 0.3 is 5.97 Å². The van der Waals surface area contributed by atoms with Crippen LogP contribution in [0.15, 0.2) is 48.6 Å². The molecule has 0 heterocycles. The highest BCUT2D eigenvalue weighted by Gasteiger charge is 2.30. The number of rotatable bonds is 7. The van der Waals surface area contributed by atoms with Crippen LogP contribution in [-0.2, 0) is 14.3 Å². The zero-order chi connectivity index (χ0) is 15.3. The molecule has 0 amide bonds. The third kappa shape index (κ3) is 4.05. The third-order valence-corrected chi connectivity index (χ3v) is 3.33. The monoisotopic (exact) mass is 274 g/mol. The molecule has 0 radical (unpaired) electrons. The van der Waals surface area contributed by atoms with Gasteiger partial charge in [0.25, 0.3) is 0 Å². The van der Waals surface area contributed by atoms with Gasteiger partial charge in [0.15, 0.2) is 5.78 Å². The van der Waals surface area contributed by atoms with Crippen LogP contribution in [0.4, 0.5) is 0 Å². The minimum Gasteiger partial charge on any atom is -0.454 e. The molecule has 3 nitrogen and oxygen atoms in total. The number of hydrogen-bond donors (Lipinski definition) is 0. The van der Waals surface area contributed by atoms with Crippen LogP contribution < -0.4 is 0 Å². The molecule has 1 aliphatic rings. The average molecular weight is 274 g/mol. The fraction of sp³-hybridized carbons (Fsp3) is 0.412. The maximum absolute atomic E-state index is 11.8. The molecule has 0 saturated carbocycles. The van der Waals surface area contributed by atoms with Crippen molar-refractivity contribution in [1.29, 1.82) is 0 Å². The van der Waals surface area contributed by atoms with E-state index in [1.54, 1.807) is 19.1 Å². The van der Waals surface area contributed by atoms with Gasteiger partial charge in [0.1, 0.15) is 6.10 Å². The standard InChI is InChI=1S/C17H22O3/c1-6-15(20-16(19)13-8-7-9-13)17(4,5)11-10-14(18)12(2)3/h6,8,10-11,15H,1-2,7,9H2,3-5H3/b11-10+/t15-/m0/s1. The van der Waals surface area contributed by atoms with E-state index in [0.29, 0.717) is 5.57 Å². The van der Waals surface area contributed by atoms with Crippen LogP contribution in [0, 0.1) is 5.41 Å². The lowest BCUT2D eigenvalue weighted by Crippen LogP contribution is -2.32. The molecule has 1 rings (SSSR count). The Morgan fingerprint density at radius 3 is 2.45 bits per heavy atom. The van der Waals surface area contributed by atoms with Crippen LogP contribution in [0.5, 0.6) is 0 Å². The predicted octanol–water partition coefficient (Wildman–Crippen LogP) is 3.53. The quantitative estimate of drug-likeness (QED) is 0.405. The number of carbonyl (C=O) groups is 2. The fourth-order valence-electron chi connectivity index (χ4n) is 1.70. The van der Waals surface area contributed by atoms with Crippen molar-refractivity contribution in [2.75, 3.05) is 0 Å². The maximum atomic E-state index is 11.8. The van der Waals surface area contributed by atoms with E-state index < -0.39 is 11.5 Å². The highest BCUT2D eigenvalue weighted by Crippen LogP contribution is 2.29. The first kappa shape index (κ1) is 16.2. The molecular formula is C17H22O3. The lowest BCUT2D eigenvalue weighted by atomic mass is 9.85. The third-order valence-electron chi connectivity index (χ3n) is 3.33. The largest absolute Gasteiger partial charge is 0.454 e. The number of esters is 1. The Hall–Kier alpha value is -1.90. The Balaban J connectivity index is 2.75. The molecule has 20 heavy (non-hydrogen) atoms. The molecule has 0 aromatic rings. The molecule has 0 saturated heterocycles. The van der Waals surface area contributed by atoms with Crippen molar-refractivity contribution < 1.29 is 14.3 Å². The lowest BCUT2D eigenvalue weighted by Gasteiger charge is -2.29. The van der Waals surface area contributed by atoms with Gasteiger partial charge in [-0.2, -0.15) is 0 Å². The zero-order valence-electron chi connectivity index (χ0n) is 12.4. The molecule has 3 heteroatoms. The summed E-state index contributed by atoms with van der Waals surface area (Å²) in [5, 5.41) is 0. The molecule has 0 bridgehead atoms. The first-order chi connectivity index (χ1) is 9.27. The molecule has 0 spiro atoms. The van der Waals surface area contributed by atoms with Gasteiger partial charge < -0.3 is 4.74 Å². The summed E-state index contributed by atoms with van der Waals surface area (Å²) in [6.45, 7) is 12.8. The Morgan fingerprint density at radius 2 is 2.05 bits per heavy atom. The Labute approximate surface area is 120 Å². The molecule has 1 aliphatic carbocycles. The van der Waals surface area contributed by atoms with Crippen LogP contribution in [0.2, 0.25) is 0 Å². The van der Waals surface area contributed by atoms with Gasteiger partial charge in [-0.3, -0.25) is 4.79 Å². The highest BCUT2D eigenvalue weighted by molar-refractivity contribution is 6.03. The minimum atomic E-state index is -0.507. The van der Waals surface area contributed by atoms with Gasteiger partial charge in [-0.25, -0.2) is 4.79 Å². The molecule has 0 aromatic carbocycles. The summed E-state index contributed by atoms with van der Waals surface area (Å²) in [6.07, 6.45) is 7.88. The predicted molar refractivity (Wildman–Crippen MR) is 80.1 cm³/mol. The van der Waals surface area contributed by atoms with Gasteiger partial charge in [-0.05, 0) is 31.4 Å². The number of ether oxygens (including phenoxy) is 1. The molecule has 0 unspecified atom stereocenters. The molecular weight excluding hydrogens is 252 g/mol. The van der Waals surface area contributed by atoms with Crippen molar-refractivity contribution in [2.45, 2.75) is 39.7 Å². The first-order valence-corrected chi connectivity index (χ1v) is 6.69.